The summed E-state index contributed by atoms with van der Waals surface area (Å²) in [6.45, 7) is 1.89. The molecule has 2 aromatic rings. The van der Waals surface area contributed by atoms with Gasteiger partial charge in [0.2, 0.25) is 0 Å². The number of carbonyl (C=O) groups is 1. The third-order valence-corrected chi connectivity index (χ3v) is 3.25. The minimum atomic E-state index is -0.322. The van der Waals surface area contributed by atoms with Crippen LogP contribution in [0.25, 0.3) is 0 Å². The summed E-state index contributed by atoms with van der Waals surface area (Å²) in [5.74, 6) is 0.430. The highest BCUT2D eigenvalue weighted by Crippen LogP contribution is 2.22. The van der Waals surface area contributed by atoms with Crippen molar-refractivity contribution in [3.05, 3.63) is 47.3 Å². The van der Waals surface area contributed by atoms with Crippen LogP contribution in [0.1, 0.15) is 21.6 Å². The van der Waals surface area contributed by atoms with Gasteiger partial charge in [-0.05, 0) is 24.6 Å². The average Bonchev–Trinajstić information content (AvgIpc) is 2.82. The zero-order valence-electron chi connectivity index (χ0n) is 10.2. The number of aromatic nitrogens is 1. The van der Waals surface area contributed by atoms with Gasteiger partial charge in [0.15, 0.2) is 0 Å². The molecule has 0 fully saturated rings. The second-order valence-corrected chi connectivity index (χ2v) is 4.66. The lowest BCUT2D eigenvalue weighted by molar-refractivity contribution is 0.0600. The fourth-order valence-electron chi connectivity index (χ4n) is 1.40. The number of esters is 1. The van der Waals surface area contributed by atoms with Crippen LogP contribution in [0.5, 0.6) is 0 Å². The number of carbonyl (C=O) groups excluding carboxylic acids is 1. The van der Waals surface area contributed by atoms with Crippen molar-refractivity contribution < 1.29 is 13.9 Å². The fourth-order valence-corrected chi connectivity index (χ4v) is 2.21. The van der Waals surface area contributed by atoms with E-state index in [0.717, 1.165) is 17.0 Å². The summed E-state index contributed by atoms with van der Waals surface area (Å²) < 4.78 is 9.88. The number of methoxy groups -OCH3 is 1. The van der Waals surface area contributed by atoms with E-state index in [4.69, 9.17) is 4.42 Å². The van der Waals surface area contributed by atoms with Gasteiger partial charge in [-0.3, -0.25) is 0 Å². The molecule has 94 valence electrons. The topological polar surface area (TPSA) is 52.3 Å². The first-order chi connectivity index (χ1) is 8.69. The third-order valence-electron chi connectivity index (χ3n) is 2.34. The van der Waals surface area contributed by atoms with Crippen molar-refractivity contribution in [3.8, 4) is 0 Å². The molecule has 0 amide bonds. The molecule has 0 radical (unpaired) electrons. The number of oxazole rings is 1. The summed E-state index contributed by atoms with van der Waals surface area (Å²) in [4.78, 5) is 15.5. The van der Waals surface area contributed by atoms with E-state index in [2.05, 4.69) is 9.72 Å². The number of ether oxygens (including phenoxy) is 1. The Labute approximate surface area is 109 Å². The standard InChI is InChI=1S/C13H13NO3S/c1-9-7-17-13(14-9)18-8-10-3-5-11(6-4-10)12(15)16-2/h3-7H,8H2,1-2H3. The molecule has 5 heteroatoms. The number of nitrogens with zero attached hydrogens (tertiary/aromatic N) is 1. The number of rotatable bonds is 4. The molecule has 0 saturated carbocycles. The molecule has 1 aromatic heterocycles. The maximum Gasteiger partial charge on any atom is 0.337 e. The van der Waals surface area contributed by atoms with Crippen LogP contribution in [0.2, 0.25) is 0 Å². The Kier molecular flexibility index (Phi) is 4.04. The van der Waals surface area contributed by atoms with Crippen molar-refractivity contribution in [2.24, 2.45) is 0 Å². The van der Waals surface area contributed by atoms with Crippen LogP contribution < -0.4 is 0 Å². The van der Waals surface area contributed by atoms with Crippen LogP contribution in [-0.4, -0.2) is 18.1 Å². The van der Waals surface area contributed by atoms with Crippen LogP contribution in [0.3, 0.4) is 0 Å². The second kappa shape index (κ2) is 5.73. The summed E-state index contributed by atoms with van der Waals surface area (Å²) in [6, 6.07) is 7.30. The quantitative estimate of drug-likeness (QED) is 0.626. The fraction of sp³-hybridized carbons (Fsp3) is 0.231. The van der Waals surface area contributed by atoms with E-state index in [9.17, 15) is 4.79 Å². The van der Waals surface area contributed by atoms with Crippen LogP contribution >= 0.6 is 11.8 Å². The minimum Gasteiger partial charge on any atom is -0.465 e. The van der Waals surface area contributed by atoms with Gasteiger partial charge in [-0.1, -0.05) is 23.9 Å². The number of thioether (sulfide) groups is 1. The molecule has 0 unspecified atom stereocenters. The van der Waals surface area contributed by atoms with E-state index >= 15 is 0 Å². The monoisotopic (exact) mass is 263 g/mol. The molecule has 1 heterocycles. The van der Waals surface area contributed by atoms with Gasteiger partial charge in [0.25, 0.3) is 5.22 Å². The van der Waals surface area contributed by atoms with Crippen LogP contribution in [0, 0.1) is 6.92 Å². The largest absolute Gasteiger partial charge is 0.465 e. The van der Waals surface area contributed by atoms with Crippen molar-refractivity contribution >= 4 is 17.7 Å². The van der Waals surface area contributed by atoms with E-state index in [1.54, 1.807) is 18.4 Å². The van der Waals surface area contributed by atoms with Crippen molar-refractivity contribution in [1.82, 2.24) is 4.98 Å². The van der Waals surface area contributed by atoms with Gasteiger partial charge in [0.1, 0.15) is 6.26 Å². The summed E-state index contributed by atoms with van der Waals surface area (Å²) >= 11 is 1.52. The highest BCUT2D eigenvalue weighted by molar-refractivity contribution is 7.98. The first kappa shape index (κ1) is 12.7. The number of hydrogen-bond acceptors (Lipinski definition) is 5. The third kappa shape index (κ3) is 3.13. The Balaban J connectivity index is 1.96. The highest BCUT2D eigenvalue weighted by Gasteiger charge is 2.06. The van der Waals surface area contributed by atoms with Crippen molar-refractivity contribution in [2.45, 2.75) is 17.9 Å². The van der Waals surface area contributed by atoms with E-state index in [0.29, 0.717) is 10.8 Å². The summed E-state index contributed by atoms with van der Waals surface area (Å²) in [5, 5.41) is 0.657. The molecule has 0 aliphatic heterocycles. The minimum absolute atomic E-state index is 0.322. The maximum absolute atomic E-state index is 11.3. The van der Waals surface area contributed by atoms with Gasteiger partial charge >= 0.3 is 5.97 Å². The summed E-state index contributed by atoms with van der Waals surface area (Å²) in [5.41, 5.74) is 2.53. The molecule has 0 bridgehead atoms. The molecular formula is C13H13NO3S. The van der Waals surface area contributed by atoms with Crippen molar-refractivity contribution in [3.63, 3.8) is 0 Å². The van der Waals surface area contributed by atoms with Crippen LogP contribution in [-0.2, 0) is 10.5 Å². The molecular weight excluding hydrogens is 250 g/mol. The first-order valence-corrected chi connectivity index (χ1v) is 6.40. The lowest BCUT2D eigenvalue weighted by atomic mass is 10.1. The molecule has 1 aromatic carbocycles. The molecule has 4 nitrogen and oxygen atoms in total. The summed E-state index contributed by atoms with van der Waals surface area (Å²) in [6.07, 6.45) is 1.63. The normalized spacial score (nSPS) is 10.3. The van der Waals surface area contributed by atoms with Crippen molar-refractivity contribution in [1.29, 1.82) is 0 Å². The first-order valence-electron chi connectivity index (χ1n) is 5.41. The van der Waals surface area contributed by atoms with E-state index in [1.165, 1.54) is 18.9 Å². The van der Waals surface area contributed by atoms with E-state index < -0.39 is 0 Å². The van der Waals surface area contributed by atoms with Crippen LogP contribution in [0.15, 0.2) is 40.2 Å². The van der Waals surface area contributed by atoms with Gasteiger partial charge in [-0.2, -0.15) is 0 Å². The van der Waals surface area contributed by atoms with Crippen LogP contribution in [0.4, 0.5) is 0 Å². The van der Waals surface area contributed by atoms with E-state index in [1.807, 2.05) is 19.1 Å². The van der Waals surface area contributed by atoms with Gasteiger partial charge in [0.05, 0.1) is 18.4 Å². The lowest BCUT2D eigenvalue weighted by Gasteiger charge is -2.01. The van der Waals surface area contributed by atoms with Gasteiger partial charge in [0, 0.05) is 5.75 Å². The van der Waals surface area contributed by atoms with Gasteiger partial charge in [-0.25, -0.2) is 9.78 Å². The maximum atomic E-state index is 11.3. The smallest absolute Gasteiger partial charge is 0.337 e. The molecule has 18 heavy (non-hydrogen) atoms. The number of hydrogen-bond donors (Lipinski definition) is 0. The van der Waals surface area contributed by atoms with E-state index in [-0.39, 0.29) is 5.97 Å². The molecule has 0 aliphatic rings. The SMILES string of the molecule is COC(=O)c1ccc(CSc2nc(C)co2)cc1. The summed E-state index contributed by atoms with van der Waals surface area (Å²) in [7, 11) is 1.37. The molecule has 0 atom stereocenters. The molecule has 0 spiro atoms. The zero-order chi connectivity index (χ0) is 13.0. The zero-order valence-corrected chi connectivity index (χ0v) is 11.0. The Morgan fingerprint density at radius 1 is 1.39 bits per heavy atom. The Bertz CT molecular complexity index is 533. The molecule has 0 saturated heterocycles. The predicted molar refractivity (Wildman–Crippen MR) is 68.6 cm³/mol. The Morgan fingerprint density at radius 3 is 2.67 bits per heavy atom. The van der Waals surface area contributed by atoms with Gasteiger partial charge in [-0.15, -0.1) is 0 Å². The average molecular weight is 263 g/mol. The Hall–Kier alpha value is -1.75. The number of benzene rings is 1. The molecule has 0 aliphatic carbocycles. The number of aryl methyl sites for hydroxylation is 1. The van der Waals surface area contributed by atoms with Crippen molar-refractivity contribution in [2.75, 3.05) is 7.11 Å². The highest BCUT2D eigenvalue weighted by atomic mass is 32.2. The second-order valence-electron chi connectivity index (χ2n) is 3.73. The molecule has 2 rings (SSSR count). The van der Waals surface area contributed by atoms with Gasteiger partial charge < -0.3 is 9.15 Å². The predicted octanol–water partition coefficient (Wildman–Crippen LogP) is 3.06. The Morgan fingerprint density at radius 2 is 2.11 bits per heavy atom. The lowest BCUT2D eigenvalue weighted by Crippen LogP contribution is -2.00. The molecule has 0 N–H and O–H groups in total.